The van der Waals surface area contributed by atoms with Crippen LogP contribution in [-0.4, -0.2) is 10.9 Å². The lowest BCUT2D eigenvalue weighted by Crippen LogP contribution is -2.10. The highest BCUT2D eigenvalue weighted by Crippen LogP contribution is 2.54. The SMILES string of the molecule is O=C1CCC2(CC2)c2cccnc2N1. The van der Waals surface area contributed by atoms with E-state index >= 15 is 0 Å². The lowest BCUT2D eigenvalue weighted by Gasteiger charge is -2.13. The second-order valence-corrected chi connectivity index (χ2v) is 4.23. The van der Waals surface area contributed by atoms with Gasteiger partial charge in [0, 0.05) is 18.2 Å². The number of rotatable bonds is 0. The minimum absolute atomic E-state index is 0.105. The van der Waals surface area contributed by atoms with Crippen LogP contribution in [0.15, 0.2) is 18.3 Å². The molecule has 1 N–H and O–H groups in total. The Kier molecular flexibility index (Phi) is 1.46. The maximum Gasteiger partial charge on any atom is 0.225 e. The summed E-state index contributed by atoms with van der Waals surface area (Å²) in [4.78, 5) is 15.6. The van der Waals surface area contributed by atoms with Crippen molar-refractivity contribution in [1.29, 1.82) is 0 Å². The number of aromatic nitrogens is 1. The second-order valence-electron chi connectivity index (χ2n) is 4.23. The largest absolute Gasteiger partial charge is 0.310 e. The van der Waals surface area contributed by atoms with Gasteiger partial charge in [0.15, 0.2) is 0 Å². The summed E-state index contributed by atoms with van der Waals surface area (Å²) in [5, 5.41) is 2.87. The molecule has 14 heavy (non-hydrogen) atoms. The Labute approximate surface area is 82.5 Å². The minimum Gasteiger partial charge on any atom is -0.310 e. The van der Waals surface area contributed by atoms with E-state index in [2.05, 4.69) is 16.4 Å². The fourth-order valence-electron chi connectivity index (χ4n) is 2.29. The van der Waals surface area contributed by atoms with Gasteiger partial charge in [-0.3, -0.25) is 4.79 Å². The van der Waals surface area contributed by atoms with Gasteiger partial charge in [-0.25, -0.2) is 4.98 Å². The molecule has 1 aromatic heterocycles. The first-order valence-electron chi connectivity index (χ1n) is 5.06. The van der Waals surface area contributed by atoms with Gasteiger partial charge in [-0.05, 0) is 30.7 Å². The molecule has 2 heterocycles. The highest BCUT2D eigenvalue weighted by Gasteiger charge is 2.47. The van der Waals surface area contributed by atoms with Crippen LogP contribution in [0.2, 0.25) is 0 Å². The predicted molar refractivity (Wildman–Crippen MR) is 53.0 cm³/mol. The monoisotopic (exact) mass is 188 g/mol. The van der Waals surface area contributed by atoms with Crippen LogP contribution in [0.3, 0.4) is 0 Å². The van der Waals surface area contributed by atoms with E-state index in [4.69, 9.17) is 0 Å². The number of nitrogens with one attached hydrogen (secondary N) is 1. The molecule has 1 aliphatic carbocycles. The van der Waals surface area contributed by atoms with Crippen molar-refractivity contribution in [2.75, 3.05) is 5.32 Å². The van der Waals surface area contributed by atoms with E-state index in [1.807, 2.05) is 6.07 Å². The fraction of sp³-hybridized carbons (Fsp3) is 0.455. The molecule has 0 unspecified atom stereocenters. The fourth-order valence-corrected chi connectivity index (χ4v) is 2.29. The molecule has 72 valence electrons. The number of fused-ring (bicyclic) bond motifs is 2. The molecule has 1 aliphatic heterocycles. The van der Waals surface area contributed by atoms with E-state index in [0.717, 1.165) is 12.2 Å². The van der Waals surface area contributed by atoms with Crippen molar-refractivity contribution < 1.29 is 4.79 Å². The molecule has 0 bridgehead atoms. The summed E-state index contributed by atoms with van der Waals surface area (Å²) in [6.45, 7) is 0. The summed E-state index contributed by atoms with van der Waals surface area (Å²) < 4.78 is 0. The smallest absolute Gasteiger partial charge is 0.225 e. The van der Waals surface area contributed by atoms with Crippen molar-refractivity contribution in [3.05, 3.63) is 23.9 Å². The van der Waals surface area contributed by atoms with E-state index in [1.54, 1.807) is 6.20 Å². The molecular weight excluding hydrogens is 176 g/mol. The first-order chi connectivity index (χ1) is 6.80. The normalized spacial score (nSPS) is 22.4. The number of hydrogen-bond donors (Lipinski definition) is 1. The summed E-state index contributed by atoms with van der Waals surface area (Å²) in [6, 6.07) is 4.05. The number of carbonyl (C=O) groups excluding carboxylic acids is 1. The Morgan fingerprint density at radius 1 is 1.36 bits per heavy atom. The Bertz CT molecular complexity index is 396. The lowest BCUT2D eigenvalue weighted by molar-refractivity contribution is -0.116. The number of carbonyl (C=O) groups is 1. The van der Waals surface area contributed by atoms with Crippen LogP contribution in [0, 0.1) is 0 Å². The van der Waals surface area contributed by atoms with E-state index < -0.39 is 0 Å². The van der Waals surface area contributed by atoms with Crippen LogP contribution in [0.5, 0.6) is 0 Å². The third kappa shape index (κ3) is 1.05. The van der Waals surface area contributed by atoms with Crippen molar-refractivity contribution >= 4 is 11.7 Å². The van der Waals surface area contributed by atoms with Gasteiger partial charge in [0.05, 0.1) is 0 Å². The molecule has 2 aliphatic rings. The molecule has 0 aromatic carbocycles. The zero-order valence-electron chi connectivity index (χ0n) is 7.92. The molecule has 1 spiro atoms. The zero-order valence-corrected chi connectivity index (χ0v) is 7.92. The first-order valence-corrected chi connectivity index (χ1v) is 5.06. The van der Waals surface area contributed by atoms with Gasteiger partial charge in [0.1, 0.15) is 5.82 Å². The number of hydrogen-bond acceptors (Lipinski definition) is 2. The average Bonchev–Trinajstić information content (AvgIpc) is 2.98. The topological polar surface area (TPSA) is 42.0 Å². The Hall–Kier alpha value is -1.38. The number of pyridine rings is 1. The van der Waals surface area contributed by atoms with E-state index in [1.165, 1.54) is 18.4 Å². The molecule has 1 aromatic rings. The summed E-state index contributed by atoms with van der Waals surface area (Å²) in [5.74, 6) is 0.890. The quantitative estimate of drug-likeness (QED) is 0.675. The molecule has 3 nitrogen and oxygen atoms in total. The molecule has 1 amide bonds. The standard InChI is InChI=1S/C11H12N2O/c14-9-3-4-11(5-6-11)8-2-1-7-12-10(8)13-9/h1-2,7H,3-6H2,(H,12,13,14). The molecule has 0 saturated heterocycles. The Balaban J connectivity index is 2.13. The van der Waals surface area contributed by atoms with Crippen molar-refractivity contribution in [2.24, 2.45) is 0 Å². The van der Waals surface area contributed by atoms with Gasteiger partial charge >= 0.3 is 0 Å². The Morgan fingerprint density at radius 3 is 3.00 bits per heavy atom. The van der Waals surface area contributed by atoms with Gasteiger partial charge < -0.3 is 5.32 Å². The maximum absolute atomic E-state index is 11.4. The van der Waals surface area contributed by atoms with E-state index in [-0.39, 0.29) is 11.3 Å². The molecule has 1 fully saturated rings. The highest BCUT2D eigenvalue weighted by molar-refractivity contribution is 5.91. The van der Waals surface area contributed by atoms with Crippen LogP contribution >= 0.6 is 0 Å². The highest BCUT2D eigenvalue weighted by atomic mass is 16.1. The van der Waals surface area contributed by atoms with Crippen molar-refractivity contribution in [2.45, 2.75) is 31.1 Å². The second kappa shape index (κ2) is 2.56. The van der Waals surface area contributed by atoms with Crippen molar-refractivity contribution in [3.8, 4) is 0 Å². The van der Waals surface area contributed by atoms with E-state index in [0.29, 0.717) is 6.42 Å². The zero-order chi connectivity index (χ0) is 9.60. The van der Waals surface area contributed by atoms with Gasteiger partial charge in [-0.2, -0.15) is 0 Å². The average molecular weight is 188 g/mol. The Morgan fingerprint density at radius 2 is 2.21 bits per heavy atom. The molecule has 0 radical (unpaired) electrons. The predicted octanol–water partition coefficient (Wildman–Crippen LogP) is 1.85. The summed E-state index contributed by atoms with van der Waals surface area (Å²) >= 11 is 0. The summed E-state index contributed by atoms with van der Waals surface area (Å²) in [6.07, 6.45) is 5.77. The lowest BCUT2D eigenvalue weighted by atomic mass is 9.92. The van der Waals surface area contributed by atoms with Crippen LogP contribution in [0.4, 0.5) is 5.82 Å². The van der Waals surface area contributed by atoms with Crippen molar-refractivity contribution in [1.82, 2.24) is 4.98 Å². The maximum atomic E-state index is 11.4. The van der Waals surface area contributed by atoms with Crippen LogP contribution in [0.25, 0.3) is 0 Å². The van der Waals surface area contributed by atoms with Gasteiger partial charge in [0.25, 0.3) is 0 Å². The number of anilines is 1. The number of amides is 1. The third-order valence-electron chi connectivity index (χ3n) is 3.32. The molecule has 3 rings (SSSR count). The molecule has 0 atom stereocenters. The van der Waals surface area contributed by atoms with Gasteiger partial charge in [-0.1, -0.05) is 6.07 Å². The molecule has 3 heteroatoms. The minimum atomic E-state index is 0.105. The number of nitrogens with zero attached hydrogens (tertiary/aromatic N) is 1. The van der Waals surface area contributed by atoms with Gasteiger partial charge in [0.2, 0.25) is 5.91 Å². The van der Waals surface area contributed by atoms with Gasteiger partial charge in [-0.15, -0.1) is 0 Å². The summed E-state index contributed by atoms with van der Waals surface area (Å²) in [7, 11) is 0. The molecule has 1 saturated carbocycles. The first kappa shape index (κ1) is 7.97. The van der Waals surface area contributed by atoms with Crippen LogP contribution in [-0.2, 0) is 10.2 Å². The van der Waals surface area contributed by atoms with E-state index in [9.17, 15) is 4.79 Å². The van der Waals surface area contributed by atoms with Crippen LogP contribution in [0.1, 0.15) is 31.2 Å². The summed E-state index contributed by atoms with van der Waals surface area (Å²) in [5.41, 5.74) is 1.52. The molecular formula is C11H12N2O. The van der Waals surface area contributed by atoms with Crippen molar-refractivity contribution in [3.63, 3.8) is 0 Å². The third-order valence-corrected chi connectivity index (χ3v) is 3.32. The van der Waals surface area contributed by atoms with Crippen LogP contribution < -0.4 is 5.32 Å².